The molecule has 6 heteroatoms. The highest BCUT2D eigenvalue weighted by Gasteiger charge is 2.20. The van der Waals surface area contributed by atoms with Crippen LogP contribution in [0.1, 0.15) is 5.89 Å². The molecule has 2 aromatic heterocycles. The molecule has 2 heterocycles. The van der Waals surface area contributed by atoms with Crippen LogP contribution in [0.15, 0.2) is 74.7 Å². The van der Waals surface area contributed by atoms with E-state index < -0.39 is 11.2 Å². The van der Waals surface area contributed by atoms with Crippen molar-refractivity contribution in [3.63, 3.8) is 0 Å². The smallest absolute Gasteiger partial charge is 0.343 e. The molecule has 0 spiro atoms. The van der Waals surface area contributed by atoms with E-state index in [0.717, 1.165) is 4.57 Å². The summed E-state index contributed by atoms with van der Waals surface area (Å²) in [5.41, 5.74) is 0.375. The molecule has 4 aromatic rings. The Morgan fingerprint density at radius 1 is 0.833 bits per heavy atom. The number of hydrogen-bond donors (Lipinski definition) is 0. The Bertz CT molecular complexity index is 1140. The number of nitrogens with zero attached hydrogens (tertiary/aromatic N) is 3. The van der Waals surface area contributed by atoms with Crippen molar-refractivity contribution in [1.29, 1.82) is 0 Å². The number of benzene rings is 2. The molecular formula is C18H13N3O3. The van der Waals surface area contributed by atoms with E-state index >= 15 is 0 Å². The van der Waals surface area contributed by atoms with Gasteiger partial charge in [-0.3, -0.25) is 4.79 Å². The molecule has 0 aliphatic carbocycles. The van der Waals surface area contributed by atoms with Crippen LogP contribution in [0.5, 0.6) is 0 Å². The third-order valence-electron chi connectivity index (χ3n) is 3.74. The SMILES string of the molecule is Cc1nc2c(=O)n(-c3ccccc3)c(=O)n(-c3ccccc3)c2o1. The lowest BCUT2D eigenvalue weighted by Gasteiger charge is -2.10. The van der Waals surface area contributed by atoms with Gasteiger partial charge >= 0.3 is 5.69 Å². The molecule has 4 rings (SSSR count). The Hall–Kier alpha value is -3.41. The largest absolute Gasteiger partial charge is 0.424 e. The standard InChI is InChI=1S/C18H13N3O3/c1-12-19-15-16(22)20(13-8-4-2-5-9-13)18(23)21(17(15)24-12)14-10-6-3-7-11-14/h2-11H,1H3. The molecule has 0 amide bonds. The van der Waals surface area contributed by atoms with Gasteiger partial charge in [0, 0.05) is 6.92 Å². The summed E-state index contributed by atoms with van der Waals surface area (Å²) in [7, 11) is 0. The Morgan fingerprint density at radius 3 is 1.96 bits per heavy atom. The number of oxazole rings is 1. The molecule has 0 bridgehead atoms. The van der Waals surface area contributed by atoms with Gasteiger partial charge in [0.15, 0.2) is 11.4 Å². The van der Waals surface area contributed by atoms with Crippen molar-refractivity contribution in [1.82, 2.24) is 14.1 Å². The van der Waals surface area contributed by atoms with E-state index in [1.165, 1.54) is 4.57 Å². The first kappa shape index (κ1) is 14.2. The number of para-hydroxylation sites is 2. The molecule has 24 heavy (non-hydrogen) atoms. The quantitative estimate of drug-likeness (QED) is 0.569. The first-order chi connectivity index (χ1) is 11.7. The zero-order chi connectivity index (χ0) is 16.7. The maximum atomic E-state index is 13.1. The van der Waals surface area contributed by atoms with Gasteiger partial charge in [-0.05, 0) is 24.3 Å². The third-order valence-corrected chi connectivity index (χ3v) is 3.74. The molecular weight excluding hydrogens is 306 g/mol. The van der Waals surface area contributed by atoms with Crippen LogP contribution in [0.4, 0.5) is 0 Å². The van der Waals surface area contributed by atoms with Crippen molar-refractivity contribution in [2.75, 3.05) is 0 Å². The topological polar surface area (TPSA) is 70.0 Å². The first-order valence-electron chi connectivity index (χ1n) is 7.43. The van der Waals surface area contributed by atoms with Crippen LogP contribution in [0.25, 0.3) is 22.6 Å². The molecule has 0 saturated carbocycles. The highest BCUT2D eigenvalue weighted by atomic mass is 16.4. The zero-order valence-electron chi connectivity index (χ0n) is 12.8. The average Bonchev–Trinajstić information content (AvgIpc) is 2.98. The lowest BCUT2D eigenvalue weighted by molar-refractivity contribution is 0.538. The van der Waals surface area contributed by atoms with Crippen molar-refractivity contribution in [2.24, 2.45) is 0 Å². The van der Waals surface area contributed by atoms with Gasteiger partial charge in [0.1, 0.15) is 0 Å². The summed E-state index contributed by atoms with van der Waals surface area (Å²) in [6.45, 7) is 1.64. The van der Waals surface area contributed by atoms with Crippen molar-refractivity contribution < 1.29 is 4.42 Å². The summed E-state index contributed by atoms with van der Waals surface area (Å²) >= 11 is 0. The maximum absolute atomic E-state index is 13.1. The van der Waals surface area contributed by atoms with Gasteiger partial charge < -0.3 is 4.42 Å². The minimum atomic E-state index is -0.499. The maximum Gasteiger partial charge on any atom is 0.343 e. The average molecular weight is 319 g/mol. The van der Waals surface area contributed by atoms with Crippen LogP contribution in [-0.2, 0) is 0 Å². The molecule has 0 fully saturated rings. The Morgan fingerprint density at radius 2 is 1.38 bits per heavy atom. The fourth-order valence-corrected chi connectivity index (χ4v) is 2.70. The number of hydrogen-bond acceptors (Lipinski definition) is 4. The summed E-state index contributed by atoms with van der Waals surface area (Å²) in [6, 6.07) is 17.8. The second-order valence-electron chi connectivity index (χ2n) is 5.32. The van der Waals surface area contributed by atoms with E-state index in [1.807, 2.05) is 24.3 Å². The van der Waals surface area contributed by atoms with Crippen molar-refractivity contribution >= 4 is 11.2 Å². The normalized spacial score (nSPS) is 11.0. The number of rotatable bonds is 2. The minimum absolute atomic E-state index is 0.125. The molecule has 0 atom stereocenters. The molecule has 0 aliphatic heterocycles. The lowest BCUT2D eigenvalue weighted by atomic mass is 10.3. The van der Waals surface area contributed by atoms with E-state index in [9.17, 15) is 9.59 Å². The van der Waals surface area contributed by atoms with Gasteiger partial charge in [0.25, 0.3) is 5.56 Å². The molecule has 118 valence electrons. The summed E-state index contributed by atoms with van der Waals surface area (Å²) in [5, 5.41) is 0. The van der Waals surface area contributed by atoms with Gasteiger partial charge in [0.2, 0.25) is 5.71 Å². The second kappa shape index (κ2) is 5.34. The number of fused-ring (bicyclic) bond motifs is 1. The van der Waals surface area contributed by atoms with E-state index in [0.29, 0.717) is 17.3 Å². The van der Waals surface area contributed by atoms with Crippen LogP contribution >= 0.6 is 0 Å². The van der Waals surface area contributed by atoms with Gasteiger partial charge in [-0.15, -0.1) is 0 Å². The summed E-state index contributed by atoms with van der Waals surface area (Å²) in [6.07, 6.45) is 0. The molecule has 6 nitrogen and oxygen atoms in total. The predicted octanol–water partition coefficient (Wildman–Crippen LogP) is 2.44. The van der Waals surface area contributed by atoms with E-state index in [4.69, 9.17) is 4.42 Å². The van der Waals surface area contributed by atoms with Crippen molar-refractivity contribution in [2.45, 2.75) is 6.92 Å². The fourth-order valence-electron chi connectivity index (χ4n) is 2.70. The van der Waals surface area contributed by atoms with Crippen LogP contribution in [0.2, 0.25) is 0 Å². The summed E-state index contributed by atoms with van der Waals surface area (Å²) in [5.74, 6) is 0.331. The zero-order valence-corrected chi connectivity index (χ0v) is 12.8. The lowest BCUT2D eigenvalue weighted by Crippen LogP contribution is -2.38. The fraction of sp³-hybridized carbons (Fsp3) is 0.0556. The summed E-state index contributed by atoms with van der Waals surface area (Å²) in [4.78, 5) is 30.0. The number of aryl methyl sites for hydroxylation is 1. The third kappa shape index (κ3) is 2.08. The molecule has 0 radical (unpaired) electrons. The summed E-state index contributed by atoms with van der Waals surface area (Å²) < 4.78 is 8.02. The van der Waals surface area contributed by atoms with Crippen LogP contribution in [0.3, 0.4) is 0 Å². The highest BCUT2D eigenvalue weighted by molar-refractivity contribution is 5.70. The first-order valence-corrected chi connectivity index (χ1v) is 7.43. The Balaban J connectivity index is 2.20. The van der Waals surface area contributed by atoms with E-state index in [-0.39, 0.29) is 11.2 Å². The highest BCUT2D eigenvalue weighted by Crippen LogP contribution is 2.16. The molecule has 0 aliphatic rings. The van der Waals surface area contributed by atoms with Gasteiger partial charge in [-0.2, -0.15) is 0 Å². The monoisotopic (exact) mass is 319 g/mol. The second-order valence-corrected chi connectivity index (χ2v) is 5.32. The van der Waals surface area contributed by atoms with Gasteiger partial charge in [0.05, 0.1) is 11.4 Å². The number of aromatic nitrogens is 3. The predicted molar refractivity (Wildman–Crippen MR) is 89.9 cm³/mol. The van der Waals surface area contributed by atoms with Crippen molar-refractivity contribution in [3.05, 3.63) is 87.4 Å². The Labute approximate surface area is 136 Å². The minimum Gasteiger partial charge on any atom is -0.424 e. The van der Waals surface area contributed by atoms with Gasteiger partial charge in [-0.1, -0.05) is 36.4 Å². The van der Waals surface area contributed by atoms with Crippen LogP contribution in [0, 0.1) is 6.92 Å². The van der Waals surface area contributed by atoms with E-state index in [1.54, 1.807) is 43.3 Å². The van der Waals surface area contributed by atoms with Crippen LogP contribution in [-0.4, -0.2) is 14.1 Å². The van der Waals surface area contributed by atoms with Crippen molar-refractivity contribution in [3.8, 4) is 11.4 Å². The molecule has 0 unspecified atom stereocenters. The van der Waals surface area contributed by atoms with Crippen LogP contribution < -0.4 is 11.2 Å². The Kier molecular flexibility index (Phi) is 3.16. The van der Waals surface area contributed by atoms with E-state index in [2.05, 4.69) is 4.98 Å². The van der Waals surface area contributed by atoms with Gasteiger partial charge in [-0.25, -0.2) is 18.9 Å². The molecule has 2 aromatic carbocycles. The molecule has 0 saturated heterocycles. The molecule has 0 N–H and O–H groups in total.